The summed E-state index contributed by atoms with van der Waals surface area (Å²) in [6, 6.07) is 0. The molecule has 88 valence electrons. The van der Waals surface area contributed by atoms with Gasteiger partial charge >= 0.3 is 0 Å². The van der Waals surface area contributed by atoms with Gasteiger partial charge in [0.05, 0.1) is 0 Å². The number of nitrogens with zero attached hydrogens (tertiary/aromatic N) is 2. The Morgan fingerprint density at radius 1 is 1.20 bits per heavy atom. The predicted octanol–water partition coefficient (Wildman–Crippen LogP) is 0.622. The molecule has 1 saturated carbocycles. The van der Waals surface area contributed by atoms with Crippen LogP contribution in [0.25, 0.3) is 0 Å². The van der Waals surface area contributed by atoms with E-state index in [0.29, 0.717) is 5.54 Å². The van der Waals surface area contributed by atoms with Crippen molar-refractivity contribution >= 4 is 0 Å². The SMILES string of the molecule is CN(CC1CNC1)CC1(N(C)C)CCC1. The molecule has 0 radical (unpaired) electrons. The smallest absolute Gasteiger partial charge is 0.0330 e. The summed E-state index contributed by atoms with van der Waals surface area (Å²) in [5.41, 5.74) is 0.492. The zero-order chi connectivity index (χ0) is 10.9. The second-order valence-corrected chi connectivity index (χ2v) is 5.69. The standard InChI is InChI=1S/C12H25N3/c1-14(2)12(5-4-6-12)10-15(3)9-11-7-13-8-11/h11,13H,4-10H2,1-3H3. The molecule has 0 spiro atoms. The van der Waals surface area contributed by atoms with Gasteiger partial charge in [-0.1, -0.05) is 0 Å². The number of hydrogen-bond donors (Lipinski definition) is 1. The van der Waals surface area contributed by atoms with E-state index in [2.05, 4.69) is 36.3 Å². The monoisotopic (exact) mass is 211 g/mol. The third-order valence-corrected chi connectivity index (χ3v) is 4.23. The molecule has 2 rings (SSSR count). The van der Waals surface area contributed by atoms with Crippen molar-refractivity contribution in [3.63, 3.8) is 0 Å². The highest BCUT2D eigenvalue weighted by molar-refractivity contribution is 4.98. The van der Waals surface area contributed by atoms with E-state index in [0.717, 1.165) is 5.92 Å². The molecule has 1 heterocycles. The minimum atomic E-state index is 0.492. The van der Waals surface area contributed by atoms with Crippen molar-refractivity contribution in [1.29, 1.82) is 0 Å². The van der Waals surface area contributed by atoms with Crippen molar-refractivity contribution in [1.82, 2.24) is 15.1 Å². The normalized spacial score (nSPS) is 25.4. The Kier molecular flexibility index (Phi) is 3.33. The quantitative estimate of drug-likeness (QED) is 0.719. The topological polar surface area (TPSA) is 18.5 Å². The summed E-state index contributed by atoms with van der Waals surface area (Å²) in [5.74, 6) is 0.897. The molecule has 2 fully saturated rings. The number of hydrogen-bond acceptors (Lipinski definition) is 3. The Bertz CT molecular complexity index is 207. The van der Waals surface area contributed by atoms with Crippen molar-refractivity contribution in [2.75, 3.05) is 47.3 Å². The third kappa shape index (κ3) is 2.35. The summed E-state index contributed by atoms with van der Waals surface area (Å²) in [4.78, 5) is 4.97. The molecule has 3 heteroatoms. The van der Waals surface area contributed by atoms with Crippen LogP contribution in [0.2, 0.25) is 0 Å². The first-order valence-electron chi connectivity index (χ1n) is 6.19. The molecule has 0 unspecified atom stereocenters. The molecule has 2 aliphatic rings. The molecule has 0 aromatic heterocycles. The van der Waals surface area contributed by atoms with Crippen LogP contribution in [0.1, 0.15) is 19.3 Å². The van der Waals surface area contributed by atoms with Crippen molar-refractivity contribution in [3.8, 4) is 0 Å². The fourth-order valence-corrected chi connectivity index (χ4v) is 2.82. The van der Waals surface area contributed by atoms with Crippen molar-refractivity contribution < 1.29 is 0 Å². The number of rotatable bonds is 5. The van der Waals surface area contributed by atoms with Gasteiger partial charge in [0.25, 0.3) is 0 Å². The molecule has 1 aliphatic heterocycles. The highest BCUT2D eigenvalue weighted by Gasteiger charge is 2.40. The van der Waals surface area contributed by atoms with Gasteiger partial charge in [0.1, 0.15) is 0 Å². The summed E-state index contributed by atoms with van der Waals surface area (Å²) < 4.78 is 0. The van der Waals surface area contributed by atoms with Crippen LogP contribution < -0.4 is 5.32 Å². The van der Waals surface area contributed by atoms with Crippen LogP contribution in [-0.4, -0.2) is 62.7 Å². The van der Waals surface area contributed by atoms with E-state index in [4.69, 9.17) is 0 Å². The Balaban J connectivity index is 1.78. The highest BCUT2D eigenvalue weighted by Crippen LogP contribution is 2.36. The summed E-state index contributed by atoms with van der Waals surface area (Å²) in [5, 5.41) is 3.34. The van der Waals surface area contributed by atoms with E-state index in [1.165, 1.54) is 45.4 Å². The lowest BCUT2D eigenvalue weighted by Crippen LogP contribution is -2.58. The maximum Gasteiger partial charge on any atom is 0.0330 e. The third-order valence-electron chi connectivity index (χ3n) is 4.23. The van der Waals surface area contributed by atoms with E-state index in [1.54, 1.807) is 0 Å². The lowest BCUT2D eigenvalue weighted by atomic mass is 9.75. The van der Waals surface area contributed by atoms with Gasteiger partial charge in [0.15, 0.2) is 0 Å². The van der Waals surface area contributed by atoms with Crippen molar-refractivity contribution in [2.45, 2.75) is 24.8 Å². The van der Waals surface area contributed by atoms with Gasteiger partial charge < -0.3 is 15.1 Å². The molecular formula is C12H25N3. The number of nitrogens with one attached hydrogen (secondary N) is 1. The highest BCUT2D eigenvalue weighted by atomic mass is 15.2. The second-order valence-electron chi connectivity index (χ2n) is 5.69. The van der Waals surface area contributed by atoms with Crippen LogP contribution in [0.3, 0.4) is 0 Å². The molecule has 1 aliphatic carbocycles. The Morgan fingerprint density at radius 3 is 2.20 bits per heavy atom. The summed E-state index contributed by atoms with van der Waals surface area (Å²) in [6.07, 6.45) is 4.18. The van der Waals surface area contributed by atoms with E-state index < -0.39 is 0 Å². The van der Waals surface area contributed by atoms with Crippen molar-refractivity contribution in [3.05, 3.63) is 0 Å². The summed E-state index contributed by atoms with van der Waals surface area (Å²) >= 11 is 0. The zero-order valence-electron chi connectivity index (χ0n) is 10.4. The van der Waals surface area contributed by atoms with E-state index >= 15 is 0 Å². The van der Waals surface area contributed by atoms with Crippen LogP contribution in [0.4, 0.5) is 0 Å². The molecule has 0 aromatic carbocycles. The van der Waals surface area contributed by atoms with Gasteiger partial charge in [-0.25, -0.2) is 0 Å². The Hall–Kier alpha value is -0.120. The summed E-state index contributed by atoms with van der Waals surface area (Å²) in [6.45, 7) is 4.96. The summed E-state index contributed by atoms with van der Waals surface area (Å²) in [7, 11) is 6.75. The van der Waals surface area contributed by atoms with Gasteiger partial charge in [0.2, 0.25) is 0 Å². The zero-order valence-corrected chi connectivity index (χ0v) is 10.4. The molecule has 3 nitrogen and oxygen atoms in total. The fourth-order valence-electron chi connectivity index (χ4n) is 2.82. The van der Waals surface area contributed by atoms with Crippen LogP contribution >= 0.6 is 0 Å². The lowest BCUT2D eigenvalue weighted by Gasteiger charge is -2.50. The first kappa shape index (κ1) is 11.4. The minimum Gasteiger partial charge on any atom is -0.316 e. The molecule has 0 aromatic rings. The van der Waals surface area contributed by atoms with Gasteiger partial charge in [-0.05, 0) is 46.3 Å². The molecular weight excluding hydrogens is 186 g/mol. The Morgan fingerprint density at radius 2 is 1.87 bits per heavy atom. The average molecular weight is 211 g/mol. The molecule has 0 amide bonds. The first-order valence-corrected chi connectivity index (χ1v) is 6.19. The van der Waals surface area contributed by atoms with Gasteiger partial charge in [0, 0.05) is 31.7 Å². The first-order chi connectivity index (χ1) is 7.12. The molecule has 1 N–H and O–H groups in total. The maximum absolute atomic E-state index is 3.34. The molecule has 0 atom stereocenters. The second kappa shape index (κ2) is 4.40. The predicted molar refractivity (Wildman–Crippen MR) is 64.1 cm³/mol. The maximum atomic E-state index is 3.34. The Labute approximate surface area is 93.8 Å². The molecule has 0 bridgehead atoms. The van der Waals surface area contributed by atoms with E-state index in [9.17, 15) is 0 Å². The van der Waals surface area contributed by atoms with E-state index in [1.807, 2.05) is 0 Å². The minimum absolute atomic E-state index is 0.492. The van der Waals surface area contributed by atoms with E-state index in [-0.39, 0.29) is 0 Å². The van der Waals surface area contributed by atoms with Crippen LogP contribution in [0, 0.1) is 5.92 Å². The van der Waals surface area contributed by atoms with Gasteiger partial charge in [-0.15, -0.1) is 0 Å². The van der Waals surface area contributed by atoms with Gasteiger partial charge in [-0.3, -0.25) is 0 Å². The average Bonchev–Trinajstić information content (AvgIpc) is 2.03. The largest absolute Gasteiger partial charge is 0.316 e. The van der Waals surface area contributed by atoms with Crippen molar-refractivity contribution in [2.24, 2.45) is 5.92 Å². The number of likely N-dealkylation sites (N-methyl/N-ethyl adjacent to an activating group) is 2. The fraction of sp³-hybridized carbons (Fsp3) is 1.00. The molecule has 15 heavy (non-hydrogen) atoms. The van der Waals surface area contributed by atoms with Crippen LogP contribution in [-0.2, 0) is 0 Å². The molecule has 1 saturated heterocycles. The van der Waals surface area contributed by atoms with Crippen LogP contribution in [0.15, 0.2) is 0 Å². The van der Waals surface area contributed by atoms with Gasteiger partial charge in [-0.2, -0.15) is 0 Å². The van der Waals surface area contributed by atoms with Crippen LogP contribution in [0.5, 0.6) is 0 Å². The lowest BCUT2D eigenvalue weighted by molar-refractivity contribution is 0.0218.